The normalized spacial score (nSPS) is 15.0. The number of fused-ring (bicyclic) bond motifs is 1. The number of piperidine rings is 1. The predicted octanol–water partition coefficient (Wildman–Crippen LogP) is 3.80. The van der Waals surface area contributed by atoms with Gasteiger partial charge in [0, 0.05) is 11.3 Å². The van der Waals surface area contributed by atoms with Crippen molar-refractivity contribution in [3.63, 3.8) is 0 Å². The number of hydrogen-bond acceptors (Lipinski definition) is 4. The van der Waals surface area contributed by atoms with E-state index in [2.05, 4.69) is 33.5 Å². The van der Waals surface area contributed by atoms with Gasteiger partial charge < -0.3 is 10.2 Å². The zero-order valence-corrected chi connectivity index (χ0v) is 16.4. The minimum atomic E-state index is 0. The fourth-order valence-electron chi connectivity index (χ4n) is 3.55. The van der Waals surface area contributed by atoms with Gasteiger partial charge in [0.15, 0.2) is 5.82 Å². The van der Waals surface area contributed by atoms with Gasteiger partial charge in [-0.15, -0.1) is 12.4 Å². The van der Waals surface area contributed by atoms with Crippen LogP contribution in [-0.4, -0.2) is 41.1 Å². The van der Waals surface area contributed by atoms with E-state index in [1.165, 1.54) is 0 Å². The molecule has 28 heavy (non-hydrogen) atoms. The first kappa shape index (κ1) is 19.9. The predicted molar refractivity (Wildman–Crippen MR) is 112 cm³/mol. The van der Waals surface area contributed by atoms with Crippen molar-refractivity contribution in [3.05, 3.63) is 48.0 Å². The molecule has 2 aromatic carbocycles. The van der Waals surface area contributed by atoms with Gasteiger partial charge in [-0.05, 0) is 68.4 Å². The number of carbonyl (C=O) groups excluding carboxylic acids is 1. The molecule has 1 aliphatic heterocycles. The highest BCUT2D eigenvalue weighted by atomic mass is 35.5. The molecule has 0 saturated carbocycles. The number of nitriles is 1. The summed E-state index contributed by atoms with van der Waals surface area (Å²) in [5.74, 6) is 0.629. The van der Waals surface area contributed by atoms with Crippen LogP contribution in [0.2, 0.25) is 0 Å². The maximum absolute atomic E-state index is 12.6. The van der Waals surface area contributed by atoms with Crippen molar-refractivity contribution in [2.75, 3.05) is 25.5 Å². The van der Waals surface area contributed by atoms with Crippen molar-refractivity contribution in [1.82, 2.24) is 15.1 Å². The number of aromatic amines is 1. The SMILES string of the molecule is CN1CCC(C(=O)Nc2n[nH]c3ccc(-c4cccc(C#N)c4)cc23)CC1.Cl. The van der Waals surface area contributed by atoms with E-state index < -0.39 is 0 Å². The molecular weight excluding hydrogens is 374 g/mol. The molecule has 3 aromatic rings. The standard InChI is InChI=1S/C21H21N5O.ClH/c1-26-9-7-15(8-10-26)21(27)23-20-18-12-17(5-6-19(18)24-25-20)16-4-2-3-14(11-16)13-22;/h2-6,11-12,15H,7-10H2,1H3,(H2,23,24,25,27);1H. The Labute approximate surface area is 169 Å². The lowest BCUT2D eigenvalue weighted by molar-refractivity contribution is -0.121. The monoisotopic (exact) mass is 395 g/mol. The van der Waals surface area contributed by atoms with Crippen LogP contribution in [0.1, 0.15) is 18.4 Å². The third-order valence-corrected chi connectivity index (χ3v) is 5.22. The molecule has 0 bridgehead atoms. The molecule has 0 radical (unpaired) electrons. The Morgan fingerprint density at radius 3 is 2.71 bits per heavy atom. The number of carbonyl (C=O) groups is 1. The number of halogens is 1. The van der Waals surface area contributed by atoms with Crippen molar-refractivity contribution in [3.8, 4) is 17.2 Å². The second-order valence-electron chi connectivity index (χ2n) is 7.09. The van der Waals surface area contributed by atoms with Gasteiger partial charge in [0.05, 0.1) is 17.1 Å². The van der Waals surface area contributed by atoms with Gasteiger partial charge in [0.1, 0.15) is 0 Å². The first-order valence-corrected chi connectivity index (χ1v) is 9.12. The zero-order chi connectivity index (χ0) is 18.8. The molecule has 0 unspecified atom stereocenters. The molecule has 0 aliphatic carbocycles. The maximum atomic E-state index is 12.6. The number of hydrogen-bond donors (Lipinski definition) is 2. The molecule has 0 atom stereocenters. The average molecular weight is 396 g/mol. The average Bonchev–Trinajstić information content (AvgIpc) is 3.10. The summed E-state index contributed by atoms with van der Waals surface area (Å²) < 4.78 is 0. The van der Waals surface area contributed by atoms with Gasteiger partial charge in [-0.1, -0.05) is 18.2 Å². The maximum Gasteiger partial charge on any atom is 0.228 e. The summed E-state index contributed by atoms with van der Waals surface area (Å²) in [6.07, 6.45) is 1.74. The van der Waals surface area contributed by atoms with Crippen molar-refractivity contribution < 1.29 is 4.79 Å². The van der Waals surface area contributed by atoms with E-state index in [0.29, 0.717) is 11.4 Å². The number of likely N-dealkylation sites (tertiary alicyclic amines) is 1. The highest BCUT2D eigenvalue weighted by Crippen LogP contribution is 2.29. The number of aromatic nitrogens is 2. The molecule has 7 heteroatoms. The van der Waals surface area contributed by atoms with Crippen molar-refractivity contribution in [1.29, 1.82) is 5.26 Å². The lowest BCUT2D eigenvalue weighted by Crippen LogP contribution is -2.36. The Kier molecular flexibility index (Phi) is 5.98. The lowest BCUT2D eigenvalue weighted by Gasteiger charge is -2.27. The van der Waals surface area contributed by atoms with E-state index in [4.69, 9.17) is 5.26 Å². The van der Waals surface area contributed by atoms with Gasteiger partial charge in [-0.25, -0.2) is 0 Å². The number of amides is 1. The van der Waals surface area contributed by atoms with E-state index >= 15 is 0 Å². The molecule has 2 N–H and O–H groups in total. The lowest BCUT2D eigenvalue weighted by atomic mass is 9.96. The number of H-pyrrole nitrogens is 1. The van der Waals surface area contributed by atoms with Crippen molar-refractivity contribution in [2.24, 2.45) is 5.92 Å². The third-order valence-electron chi connectivity index (χ3n) is 5.22. The minimum absolute atomic E-state index is 0. The molecular formula is C21H22ClN5O. The first-order valence-electron chi connectivity index (χ1n) is 9.12. The van der Waals surface area contributed by atoms with E-state index in [1.54, 1.807) is 6.07 Å². The fourth-order valence-corrected chi connectivity index (χ4v) is 3.55. The smallest absolute Gasteiger partial charge is 0.228 e. The summed E-state index contributed by atoms with van der Waals surface area (Å²) in [6.45, 7) is 1.89. The molecule has 144 valence electrons. The van der Waals surface area contributed by atoms with E-state index in [0.717, 1.165) is 48.0 Å². The van der Waals surface area contributed by atoms with Crippen LogP contribution < -0.4 is 5.32 Å². The number of nitrogens with one attached hydrogen (secondary N) is 2. The van der Waals surface area contributed by atoms with Gasteiger partial charge >= 0.3 is 0 Å². The Hall–Kier alpha value is -2.88. The van der Waals surface area contributed by atoms with Crippen molar-refractivity contribution >= 4 is 35.0 Å². The van der Waals surface area contributed by atoms with Crippen LogP contribution in [0.5, 0.6) is 0 Å². The minimum Gasteiger partial charge on any atom is -0.308 e. The highest BCUT2D eigenvalue weighted by Gasteiger charge is 2.24. The highest BCUT2D eigenvalue weighted by molar-refractivity contribution is 6.01. The number of rotatable bonds is 3. The Bertz CT molecular complexity index is 1030. The second-order valence-corrected chi connectivity index (χ2v) is 7.09. The Morgan fingerprint density at radius 2 is 1.96 bits per heavy atom. The molecule has 1 aromatic heterocycles. The molecule has 1 amide bonds. The van der Waals surface area contributed by atoms with Crippen LogP contribution in [0.4, 0.5) is 5.82 Å². The molecule has 4 rings (SSSR count). The number of nitrogens with zero attached hydrogens (tertiary/aromatic N) is 3. The van der Waals surface area contributed by atoms with Crippen molar-refractivity contribution in [2.45, 2.75) is 12.8 Å². The van der Waals surface area contributed by atoms with Gasteiger partial charge in [0.25, 0.3) is 0 Å². The number of benzene rings is 2. The summed E-state index contributed by atoms with van der Waals surface area (Å²) in [7, 11) is 2.08. The van der Waals surface area contributed by atoms with E-state index in [-0.39, 0.29) is 24.2 Å². The summed E-state index contributed by atoms with van der Waals surface area (Å²) in [5.41, 5.74) is 3.44. The van der Waals surface area contributed by atoms with E-state index in [9.17, 15) is 4.79 Å². The molecule has 1 aliphatic rings. The van der Waals surface area contributed by atoms with E-state index in [1.807, 2.05) is 36.4 Å². The van der Waals surface area contributed by atoms with Gasteiger partial charge in [-0.3, -0.25) is 9.89 Å². The van der Waals surface area contributed by atoms with Crippen LogP contribution in [0, 0.1) is 17.2 Å². The fraction of sp³-hybridized carbons (Fsp3) is 0.286. The zero-order valence-electron chi connectivity index (χ0n) is 15.6. The molecule has 1 saturated heterocycles. The summed E-state index contributed by atoms with van der Waals surface area (Å²) in [4.78, 5) is 14.9. The van der Waals surface area contributed by atoms with Crippen LogP contribution >= 0.6 is 12.4 Å². The van der Waals surface area contributed by atoms with Gasteiger partial charge in [0.2, 0.25) is 5.91 Å². The molecule has 2 heterocycles. The largest absolute Gasteiger partial charge is 0.308 e. The Morgan fingerprint density at radius 1 is 1.21 bits per heavy atom. The Balaban J connectivity index is 0.00000225. The number of anilines is 1. The van der Waals surface area contributed by atoms with Crippen LogP contribution in [0.3, 0.4) is 0 Å². The third kappa shape index (κ3) is 4.01. The van der Waals surface area contributed by atoms with Gasteiger partial charge in [-0.2, -0.15) is 10.4 Å². The summed E-state index contributed by atoms with van der Waals surface area (Å²) in [5, 5.41) is 20.3. The summed E-state index contributed by atoms with van der Waals surface area (Å²) >= 11 is 0. The second kappa shape index (κ2) is 8.42. The molecule has 0 spiro atoms. The topological polar surface area (TPSA) is 84.8 Å². The summed E-state index contributed by atoms with van der Waals surface area (Å²) in [6, 6.07) is 15.6. The molecule has 1 fully saturated rings. The quantitative estimate of drug-likeness (QED) is 0.706. The molecule has 6 nitrogen and oxygen atoms in total. The van der Waals surface area contributed by atoms with Crippen LogP contribution in [0.15, 0.2) is 42.5 Å². The van der Waals surface area contributed by atoms with Crippen LogP contribution in [-0.2, 0) is 4.79 Å². The first-order chi connectivity index (χ1) is 13.1. The van der Waals surface area contributed by atoms with Crippen LogP contribution in [0.25, 0.3) is 22.0 Å².